The Kier molecular flexibility index (Phi) is 11.4. The monoisotopic (exact) mass is 510 g/mol. The first-order valence-corrected chi connectivity index (χ1v) is 15.3. The number of allylic oxidation sites excluding steroid dienone is 2. The van der Waals surface area contributed by atoms with Crippen LogP contribution in [0.25, 0.3) is 0 Å². The first-order chi connectivity index (χ1) is 16.6. The van der Waals surface area contributed by atoms with E-state index in [1.807, 2.05) is 0 Å². The maximum atomic E-state index is 13.7. The van der Waals surface area contributed by atoms with Gasteiger partial charge >= 0.3 is 23.9 Å². The third-order valence-corrected chi connectivity index (χ3v) is 12.4. The summed E-state index contributed by atoms with van der Waals surface area (Å²) in [5, 5.41) is 0. The second kappa shape index (κ2) is 13.0. The lowest BCUT2D eigenvalue weighted by Crippen LogP contribution is -2.64. The van der Waals surface area contributed by atoms with Gasteiger partial charge in [0.1, 0.15) is 0 Å². The van der Waals surface area contributed by atoms with E-state index in [1.54, 1.807) is 27.7 Å². The van der Waals surface area contributed by atoms with Crippen LogP contribution in [0, 0.1) is 10.8 Å². The predicted molar refractivity (Wildman–Crippen MR) is 135 cm³/mol. The summed E-state index contributed by atoms with van der Waals surface area (Å²) >= 11 is 0. The summed E-state index contributed by atoms with van der Waals surface area (Å²) < 4.78 is 21.3. The van der Waals surface area contributed by atoms with E-state index in [2.05, 4.69) is 33.0 Å². The van der Waals surface area contributed by atoms with E-state index in [1.165, 1.54) is 0 Å². The van der Waals surface area contributed by atoms with Crippen LogP contribution in [0.4, 0.5) is 0 Å². The van der Waals surface area contributed by atoms with E-state index < -0.39 is 42.8 Å². The highest BCUT2D eigenvalue weighted by Gasteiger charge is 2.75. The maximum Gasteiger partial charge on any atom is 0.325 e. The van der Waals surface area contributed by atoms with Gasteiger partial charge in [-0.3, -0.25) is 19.2 Å². The zero-order chi connectivity index (χ0) is 26.9. The molecule has 0 aromatic rings. The van der Waals surface area contributed by atoms with Gasteiger partial charge in [-0.15, -0.1) is 0 Å². The van der Waals surface area contributed by atoms with Crippen molar-refractivity contribution in [2.75, 3.05) is 26.4 Å². The van der Waals surface area contributed by atoms with Gasteiger partial charge in [-0.1, -0.05) is 62.3 Å². The van der Waals surface area contributed by atoms with Crippen molar-refractivity contribution in [3.05, 3.63) is 23.4 Å². The van der Waals surface area contributed by atoms with Crippen LogP contribution in [-0.2, 0) is 38.1 Å². The van der Waals surface area contributed by atoms with Gasteiger partial charge < -0.3 is 18.9 Å². The van der Waals surface area contributed by atoms with Crippen molar-refractivity contribution in [1.29, 1.82) is 0 Å². The topological polar surface area (TPSA) is 105 Å². The van der Waals surface area contributed by atoms with Crippen LogP contribution in [0.3, 0.4) is 0 Å². The molecule has 9 heteroatoms. The van der Waals surface area contributed by atoms with Crippen LogP contribution in [0.2, 0.25) is 18.1 Å². The third-order valence-electron chi connectivity index (χ3n) is 7.21. The van der Waals surface area contributed by atoms with Crippen molar-refractivity contribution in [2.45, 2.75) is 79.4 Å². The average Bonchev–Trinajstić information content (AvgIpc) is 2.83. The second-order valence-corrected chi connectivity index (χ2v) is 13.9. The normalized spacial score (nSPS) is 18.0. The molecule has 1 saturated carbocycles. The lowest BCUT2D eigenvalue weighted by Gasteiger charge is -2.47. The molecule has 0 radical (unpaired) electrons. The van der Waals surface area contributed by atoms with E-state index >= 15 is 0 Å². The van der Waals surface area contributed by atoms with Gasteiger partial charge in [-0.05, 0) is 27.7 Å². The van der Waals surface area contributed by atoms with Gasteiger partial charge in [0.15, 0.2) is 10.8 Å². The molecule has 1 rings (SSSR count). The number of hydrogen-bond donors (Lipinski definition) is 0. The number of rotatable bonds is 12. The molecular formula is C26H42O8Si. The van der Waals surface area contributed by atoms with E-state index in [9.17, 15) is 19.2 Å². The average molecular weight is 511 g/mol. The lowest BCUT2D eigenvalue weighted by atomic mass is 9.53. The van der Waals surface area contributed by atoms with Crippen LogP contribution < -0.4 is 0 Å². The smallest absolute Gasteiger partial charge is 0.325 e. The van der Waals surface area contributed by atoms with Gasteiger partial charge in [0.2, 0.25) is 0 Å². The number of hydrogen-bond acceptors (Lipinski definition) is 8. The zero-order valence-electron chi connectivity index (χ0n) is 22.4. The van der Waals surface area contributed by atoms with Gasteiger partial charge in [-0.25, -0.2) is 0 Å². The van der Waals surface area contributed by atoms with Crippen molar-refractivity contribution in [2.24, 2.45) is 10.8 Å². The van der Waals surface area contributed by atoms with Crippen LogP contribution in [-0.4, -0.2) is 58.4 Å². The highest BCUT2D eigenvalue weighted by atomic mass is 28.3. The summed E-state index contributed by atoms with van der Waals surface area (Å²) in [6.07, 6.45) is -0.564. The molecule has 0 aromatic heterocycles. The minimum Gasteiger partial charge on any atom is -0.465 e. The van der Waals surface area contributed by atoms with Crippen molar-refractivity contribution in [3.63, 3.8) is 0 Å². The number of carbonyl (C=O) groups is 4. The molecule has 0 atom stereocenters. The molecule has 1 fully saturated rings. The largest absolute Gasteiger partial charge is 0.465 e. The van der Waals surface area contributed by atoms with Gasteiger partial charge in [0, 0.05) is 12.8 Å². The molecule has 8 nitrogen and oxygen atoms in total. The summed E-state index contributed by atoms with van der Waals surface area (Å²) in [6, 6.07) is 2.89. The van der Waals surface area contributed by atoms with E-state index in [4.69, 9.17) is 18.9 Å². The Morgan fingerprint density at radius 2 is 1.00 bits per heavy atom. The summed E-state index contributed by atoms with van der Waals surface area (Å²) in [6.45, 7) is 16.7. The molecule has 0 unspecified atom stereocenters. The summed E-state index contributed by atoms with van der Waals surface area (Å²) in [4.78, 5) is 54.6. The minimum absolute atomic E-state index is 0.0563. The van der Waals surface area contributed by atoms with Crippen molar-refractivity contribution >= 4 is 32.0 Å². The minimum atomic E-state index is -2.32. The van der Waals surface area contributed by atoms with Gasteiger partial charge in [-0.2, -0.15) is 0 Å². The van der Waals surface area contributed by atoms with Crippen LogP contribution >= 0.6 is 0 Å². The van der Waals surface area contributed by atoms with Gasteiger partial charge in [0.05, 0.1) is 34.5 Å². The molecule has 0 spiro atoms. The second-order valence-electron chi connectivity index (χ2n) is 8.74. The Morgan fingerprint density at radius 3 is 1.29 bits per heavy atom. The maximum absolute atomic E-state index is 13.7. The van der Waals surface area contributed by atoms with Crippen molar-refractivity contribution in [1.82, 2.24) is 0 Å². The molecular weight excluding hydrogens is 468 g/mol. The molecule has 198 valence electrons. The number of esters is 4. The molecule has 0 bridgehead atoms. The first kappa shape index (κ1) is 30.6. The Morgan fingerprint density at radius 1 is 0.686 bits per heavy atom. The molecule has 0 saturated heterocycles. The Balaban J connectivity index is 4.12. The summed E-state index contributed by atoms with van der Waals surface area (Å²) in [5.74, 6) is -4.06. The van der Waals surface area contributed by atoms with Gasteiger partial charge in [0.25, 0.3) is 0 Å². The van der Waals surface area contributed by atoms with E-state index in [0.29, 0.717) is 11.1 Å². The fourth-order valence-electron chi connectivity index (χ4n) is 4.89. The Labute approximate surface area is 210 Å². The molecule has 0 aliphatic heterocycles. The molecule has 35 heavy (non-hydrogen) atoms. The lowest BCUT2D eigenvalue weighted by molar-refractivity contribution is -0.204. The zero-order valence-corrected chi connectivity index (χ0v) is 23.4. The highest BCUT2D eigenvalue weighted by molar-refractivity contribution is 6.84. The van der Waals surface area contributed by atoms with Crippen LogP contribution in [0.1, 0.15) is 61.3 Å². The molecule has 0 heterocycles. The third kappa shape index (κ3) is 5.55. The number of ether oxygens (including phenoxy) is 4. The summed E-state index contributed by atoms with van der Waals surface area (Å²) in [7, 11) is -1.91. The van der Waals surface area contributed by atoms with Crippen LogP contribution in [0.15, 0.2) is 23.4 Å². The fourth-order valence-corrected chi connectivity index (χ4v) is 8.05. The molecule has 0 N–H and O–H groups in total. The highest BCUT2D eigenvalue weighted by Crippen LogP contribution is 2.57. The first-order valence-electron chi connectivity index (χ1n) is 12.6. The van der Waals surface area contributed by atoms with E-state index in [-0.39, 0.29) is 39.3 Å². The molecule has 1 aliphatic rings. The van der Waals surface area contributed by atoms with Crippen molar-refractivity contribution in [3.8, 4) is 0 Å². The molecule has 0 amide bonds. The Bertz CT molecular complexity index is 796. The van der Waals surface area contributed by atoms with E-state index in [0.717, 1.165) is 18.1 Å². The van der Waals surface area contributed by atoms with Crippen molar-refractivity contribution < 1.29 is 38.1 Å². The standard InChI is InChI=1S/C26H42O8Si/c1-9-31-21(27)25(22(28)32-10-2)16-19(8)20(18-35(13-5,14-6)15-7)17-26(25,23(29)33-11-3)24(30)34-12-4/h18H,8-17H2,1-7H3/b20-18-. The van der Waals surface area contributed by atoms with Crippen LogP contribution in [0.5, 0.6) is 0 Å². The SMILES string of the molecule is C=C1CC(C(=O)OCC)(C(=O)OCC)C(C(=O)OCC)(C(=O)OCC)C/C1=C/[Si](CC)(CC)CC. The molecule has 1 aliphatic carbocycles. The quantitative estimate of drug-likeness (QED) is 0.163. The molecule has 0 aromatic carbocycles. The summed E-state index contributed by atoms with van der Waals surface area (Å²) in [5.41, 5.74) is -1.26. The predicted octanol–water partition coefficient (Wildman–Crippen LogP) is 4.54. The Hall–Kier alpha value is -2.42. The fraction of sp³-hybridized carbons (Fsp3) is 0.692. The number of carbonyl (C=O) groups excluding carboxylic acids is 4.